The van der Waals surface area contributed by atoms with Crippen LogP contribution in [0.25, 0.3) is 11.0 Å². The Kier molecular flexibility index (Phi) is 5.52. The number of halogens is 1. The number of nitrogens with zero attached hydrogens (tertiary/aromatic N) is 1. The topological polar surface area (TPSA) is 67.2 Å². The van der Waals surface area contributed by atoms with Gasteiger partial charge in [-0.05, 0) is 48.7 Å². The van der Waals surface area contributed by atoms with Gasteiger partial charge in [0.1, 0.15) is 22.9 Å². The minimum Gasteiger partial charge on any atom is -0.464 e. The van der Waals surface area contributed by atoms with E-state index in [1.165, 1.54) is 17.7 Å². The first-order chi connectivity index (χ1) is 14.2. The Hall–Kier alpha value is -3.67. The van der Waals surface area contributed by atoms with Gasteiger partial charge in [0.2, 0.25) is 0 Å². The first-order valence-electron chi connectivity index (χ1n) is 9.42. The highest BCUT2D eigenvalue weighted by molar-refractivity contribution is 5.99. The van der Waals surface area contributed by atoms with Crippen molar-refractivity contribution in [3.8, 4) is 0 Å². The Morgan fingerprint density at radius 3 is 2.62 bits per heavy atom. The molecular formula is C23H20FN3O2. The van der Waals surface area contributed by atoms with E-state index in [1.54, 1.807) is 30.5 Å². The van der Waals surface area contributed by atoms with Gasteiger partial charge in [-0.15, -0.1) is 0 Å². The van der Waals surface area contributed by atoms with Gasteiger partial charge in [-0.2, -0.15) is 0 Å². The van der Waals surface area contributed by atoms with Crippen molar-refractivity contribution in [1.82, 2.24) is 10.3 Å². The Morgan fingerprint density at radius 1 is 1.03 bits per heavy atom. The molecule has 0 saturated heterocycles. The average Bonchev–Trinajstić information content (AvgIpc) is 3.22. The van der Waals surface area contributed by atoms with E-state index in [-0.39, 0.29) is 17.4 Å². The molecule has 2 aromatic carbocycles. The molecule has 1 amide bonds. The number of carbonyl (C=O) groups is 1. The predicted molar refractivity (Wildman–Crippen MR) is 111 cm³/mol. The summed E-state index contributed by atoms with van der Waals surface area (Å²) in [5.74, 6) is -0.101. The number of aromatic nitrogens is 1. The molecule has 2 N–H and O–H groups in total. The number of hydrogen-bond acceptors (Lipinski definition) is 4. The molecule has 0 radical (unpaired) electrons. The van der Waals surface area contributed by atoms with Crippen LogP contribution in [-0.2, 0) is 6.42 Å². The molecule has 0 atom stereocenters. The number of anilines is 2. The molecule has 5 nitrogen and oxygen atoms in total. The highest BCUT2D eigenvalue weighted by Gasteiger charge is 2.14. The fraction of sp³-hybridized carbons (Fsp3) is 0.130. The molecule has 0 aliphatic heterocycles. The van der Waals surface area contributed by atoms with E-state index in [0.717, 1.165) is 18.2 Å². The molecule has 0 aliphatic carbocycles. The van der Waals surface area contributed by atoms with Gasteiger partial charge in [0, 0.05) is 18.3 Å². The second-order valence-electron chi connectivity index (χ2n) is 6.67. The molecule has 2 heterocycles. The molecule has 2 aromatic heterocycles. The number of carbonyl (C=O) groups excluding carboxylic acids is 1. The molecule has 29 heavy (non-hydrogen) atoms. The van der Waals surface area contributed by atoms with Crippen molar-refractivity contribution in [3.05, 3.63) is 90.1 Å². The van der Waals surface area contributed by atoms with E-state index in [2.05, 4.69) is 27.8 Å². The standard InChI is InChI=1S/C23H20FN3O2/c24-17-8-10-18(11-9-17)26-22-19-12-14-29-21(19)15-20(27-22)23(28)25-13-4-7-16-5-2-1-3-6-16/h1-3,5-6,8-12,14-15H,4,7,13H2,(H,25,28)(H,26,27). The minimum absolute atomic E-state index is 0.261. The van der Waals surface area contributed by atoms with E-state index in [4.69, 9.17) is 4.42 Å². The number of aryl methyl sites for hydroxylation is 1. The molecule has 0 spiro atoms. The quantitative estimate of drug-likeness (QED) is 0.433. The zero-order chi connectivity index (χ0) is 20.1. The maximum Gasteiger partial charge on any atom is 0.270 e. The molecule has 0 saturated carbocycles. The zero-order valence-corrected chi connectivity index (χ0v) is 15.7. The molecule has 0 aliphatic rings. The van der Waals surface area contributed by atoms with Crippen molar-refractivity contribution in [2.75, 3.05) is 11.9 Å². The van der Waals surface area contributed by atoms with Gasteiger partial charge in [-0.3, -0.25) is 4.79 Å². The van der Waals surface area contributed by atoms with Crippen molar-refractivity contribution in [1.29, 1.82) is 0 Å². The summed E-state index contributed by atoms with van der Waals surface area (Å²) < 4.78 is 18.6. The number of pyridine rings is 1. The number of furan rings is 1. The van der Waals surface area contributed by atoms with Gasteiger partial charge < -0.3 is 15.1 Å². The van der Waals surface area contributed by atoms with Crippen LogP contribution in [0.15, 0.2) is 77.4 Å². The maximum absolute atomic E-state index is 13.1. The van der Waals surface area contributed by atoms with Crippen LogP contribution < -0.4 is 10.6 Å². The highest BCUT2D eigenvalue weighted by atomic mass is 19.1. The normalized spacial score (nSPS) is 10.8. The van der Waals surface area contributed by atoms with Gasteiger partial charge in [0.25, 0.3) is 5.91 Å². The van der Waals surface area contributed by atoms with Crippen LogP contribution in [0.4, 0.5) is 15.9 Å². The lowest BCUT2D eigenvalue weighted by molar-refractivity contribution is 0.0948. The third kappa shape index (κ3) is 4.60. The molecule has 0 unspecified atom stereocenters. The van der Waals surface area contributed by atoms with E-state index in [0.29, 0.717) is 23.6 Å². The van der Waals surface area contributed by atoms with E-state index < -0.39 is 0 Å². The number of amides is 1. The fourth-order valence-electron chi connectivity index (χ4n) is 3.08. The average molecular weight is 389 g/mol. The number of hydrogen-bond donors (Lipinski definition) is 2. The van der Waals surface area contributed by atoms with Crippen molar-refractivity contribution in [3.63, 3.8) is 0 Å². The number of fused-ring (bicyclic) bond motifs is 1. The van der Waals surface area contributed by atoms with Crippen LogP contribution in [0.1, 0.15) is 22.5 Å². The lowest BCUT2D eigenvalue weighted by Gasteiger charge is -2.10. The predicted octanol–water partition coefficient (Wildman–Crippen LogP) is 5.07. The largest absolute Gasteiger partial charge is 0.464 e. The number of benzene rings is 2. The second-order valence-corrected chi connectivity index (χ2v) is 6.67. The van der Waals surface area contributed by atoms with Crippen molar-refractivity contribution < 1.29 is 13.6 Å². The molecule has 0 fully saturated rings. The van der Waals surface area contributed by atoms with Gasteiger partial charge in [0.05, 0.1) is 11.6 Å². The Labute approximate surface area is 167 Å². The number of rotatable bonds is 7. The van der Waals surface area contributed by atoms with E-state index >= 15 is 0 Å². The SMILES string of the molecule is O=C(NCCCc1ccccc1)c1cc2occc2c(Nc2ccc(F)cc2)n1. The molecular weight excluding hydrogens is 369 g/mol. The summed E-state index contributed by atoms with van der Waals surface area (Å²) in [4.78, 5) is 17.0. The first kappa shape index (κ1) is 18.7. The molecule has 4 rings (SSSR count). The molecule has 6 heteroatoms. The van der Waals surface area contributed by atoms with E-state index in [1.807, 2.05) is 18.2 Å². The van der Waals surface area contributed by atoms with Crippen molar-refractivity contribution in [2.45, 2.75) is 12.8 Å². The lowest BCUT2D eigenvalue weighted by Crippen LogP contribution is -2.25. The summed E-state index contributed by atoms with van der Waals surface area (Å²) >= 11 is 0. The molecule has 146 valence electrons. The summed E-state index contributed by atoms with van der Waals surface area (Å²) in [6.45, 7) is 0.548. The first-order valence-corrected chi connectivity index (χ1v) is 9.42. The third-order valence-electron chi connectivity index (χ3n) is 4.56. The summed E-state index contributed by atoms with van der Waals surface area (Å²) in [7, 11) is 0. The molecule has 0 bridgehead atoms. The molecule has 4 aromatic rings. The number of nitrogens with one attached hydrogen (secondary N) is 2. The summed E-state index contributed by atoms with van der Waals surface area (Å²) in [6.07, 6.45) is 3.27. The Morgan fingerprint density at radius 2 is 1.83 bits per heavy atom. The van der Waals surface area contributed by atoms with E-state index in [9.17, 15) is 9.18 Å². The van der Waals surface area contributed by atoms with Gasteiger partial charge >= 0.3 is 0 Å². The monoisotopic (exact) mass is 389 g/mol. The third-order valence-corrected chi connectivity index (χ3v) is 4.56. The maximum atomic E-state index is 13.1. The second kappa shape index (κ2) is 8.56. The van der Waals surface area contributed by atoms with Gasteiger partial charge in [-0.25, -0.2) is 9.37 Å². The van der Waals surface area contributed by atoms with Gasteiger partial charge in [-0.1, -0.05) is 30.3 Å². The van der Waals surface area contributed by atoms with Gasteiger partial charge in [0.15, 0.2) is 0 Å². The highest BCUT2D eigenvalue weighted by Crippen LogP contribution is 2.26. The van der Waals surface area contributed by atoms with Crippen LogP contribution in [0.3, 0.4) is 0 Å². The summed E-state index contributed by atoms with van der Waals surface area (Å²) in [5, 5.41) is 6.78. The minimum atomic E-state index is -0.319. The summed E-state index contributed by atoms with van der Waals surface area (Å²) in [5.41, 5.74) is 2.72. The van der Waals surface area contributed by atoms with Crippen molar-refractivity contribution in [2.24, 2.45) is 0 Å². The van der Waals surface area contributed by atoms with Crippen LogP contribution >= 0.6 is 0 Å². The van der Waals surface area contributed by atoms with Crippen LogP contribution in [0, 0.1) is 5.82 Å². The van der Waals surface area contributed by atoms with Crippen molar-refractivity contribution >= 4 is 28.4 Å². The summed E-state index contributed by atoms with van der Waals surface area (Å²) in [6, 6.07) is 19.5. The Balaban J connectivity index is 1.45. The fourth-order valence-corrected chi connectivity index (χ4v) is 3.08. The zero-order valence-electron chi connectivity index (χ0n) is 15.7. The van der Waals surface area contributed by atoms with Crippen LogP contribution in [0.5, 0.6) is 0 Å². The Bertz CT molecular complexity index is 1110. The van der Waals surface area contributed by atoms with Crippen LogP contribution in [-0.4, -0.2) is 17.4 Å². The smallest absolute Gasteiger partial charge is 0.270 e. The van der Waals surface area contributed by atoms with Crippen LogP contribution in [0.2, 0.25) is 0 Å². The lowest BCUT2D eigenvalue weighted by atomic mass is 10.1.